The van der Waals surface area contributed by atoms with Crippen molar-refractivity contribution in [3.63, 3.8) is 0 Å². The Morgan fingerprint density at radius 1 is 1.29 bits per heavy atom. The van der Waals surface area contributed by atoms with Crippen LogP contribution < -0.4 is 11.2 Å². The minimum absolute atomic E-state index is 0.255. The normalized spacial score (nSPS) is 12.5. The SMILES string of the molecule is CCOC(=O)CCCC(CC)n1c(=O)c2c(ncn2C)n(C)c1=O. The summed E-state index contributed by atoms with van der Waals surface area (Å²) in [7, 11) is 3.34. The number of ether oxygens (including phenoxy) is 1. The molecule has 2 aromatic rings. The smallest absolute Gasteiger partial charge is 0.332 e. The summed E-state index contributed by atoms with van der Waals surface area (Å²) >= 11 is 0. The number of nitrogens with zero attached hydrogens (tertiary/aromatic N) is 4. The van der Waals surface area contributed by atoms with Crippen molar-refractivity contribution in [2.45, 2.75) is 45.6 Å². The predicted molar refractivity (Wildman–Crippen MR) is 90.0 cm³/mol. The maximum Gasteiger partial charge on any atom is 0.332 e. The summed E-state index contributed by atoms with van der Waals surface area (Å²) in [5, 5.41) is 0. The molecule has 2 heterocycles. The van der Waals surface area contributed by atoms with Crippen molar-refractivity contribution >= 4 is 17.1 Å². The van der Waals surface area contributed by atoms with Crippen molar-refractivity contribution in [2.24, 2.45) is 14.1 Å². The molecule has 0 N–H and O–H groups in total. The first-order valence-corrected chi connectivity index (χ1v) is 8.20. The lowest BCUT2D eigenvalue weighted by Crippen LogP contribution is -2.42. The van der Waals surface area contributed by atoms with E-state index in [4.69, 9.17) is 4.74 Å². The van der Waals surface area contributed by atoms with Gasteiger partial charge in [-0.1, -0.05) is 6.92 Å². The van der Waals surface area contributed by atoms with E-state index >= 15 is 0 Å². The maximum absolute atomic E-state index is 12.8. The number of carbonyl (C=O) groups excluding carboxylic acids is 1. The molecule has 0 spiro atoms. The van der Waals surface area contributed by atoms with E-state index in [1.165, 1.54) is 15.5 Å². The second-order valence-electron chi connectivity index (χ2n) is 5.80. The highest BCUT2D eigenvalue weighted by Gasteiger charge is 2.20. The average Bonchev–Trinajstić information content (AvgIpc) is 2.93. The molecule has 0 fully saturated rings. The van der Waals surface area contributed by atoms with Gasteiger partial charge in [-0.05, 0) is 26.2 Å². The Bertz CT molecular complexity index is 846. The van der Waals surface area contributed by atoms with Crippen molar-refractivity contribution in [1.29, 1.82) is 0 Å². The molecule has 0 saturated carbocycles. The van der Waals surface area contributed by atoms with E-state index in [1.807, 2.05) is 6.92 Å². The summed E-state index contributed by atoms with van der Waals surface area (Å²) in [6.45, 7) is 4.04. The topological polar surface area (TPSA) is 88.1 Å². The highest BCUT2D eigenvalue weighted by molar-refractivity contribution is 5.70. The third-order valence-electron chi connectivity index (χ3n) is 4.21. The van der Waals surface area contributed by atoms with Crippen molar-refractivity contribution in [3.05, 3.63) is 27.2 Å². The molecule has 132 valence electrons. The number of hydrogen-bond acceptors (Lipinski definition) is 5. The Morgan fingerprint density at radius 3 is 2.62 bits per heavy atom. The van der Waals surface area contributed by atoms with Gasteiger partial charge in [-0.2, -0.15) is 0 Å². The van der Waals surface area contributed by atoms with Gasteiger partial charge in [0, 0.05) is 26.6 Å². The molecule has 2 aromatic heterocycles. The minimum Gasteiger partial charge on any atom is -0.466 e. The van der Waals surface area contributed by atoms with Crippen molar-refractivity contribution in [2.75, 3.05) is 6.61 Å². The van der Waals surface area contributed by atoms with Gasteiger partial charge in [0.1, 0.15) is 0 Å². The van der Waals surface area contributed by atoms with E-state index in [0.29, 0.717) is 37.0 Å². The largest absolute Gasteiger partial charge is 0.466 e. The van der Waals surface area contributed by atoms with E-state index in [9.17, 15) is 14.4 Å². The second kappa shape index (κ2) is 7.46. The number of rotatable bonds is 7. The number of imidazole rings is 1. The molecule has 0 bridgehead atoms. The third kappa shape index (κ3) is 3.27. The number of esters is 1. The molecule has 0 aliphatic carbocycles. The molecule has 0 aliphatic rings. The van der Waals surface area contributed by atoms with E-state index in [0.717, 1.165) is 0 Å². The lowest BCUT2D eigenvalue weighted by Gasteiger charge is -2.18. The molecule has 1 atom stereocenters. The van der Waals surface area contributed by atoms with Gasteiger partial charge in [0.25, 0.3) is 5.56 Å². The van der Waals surface area contributed by atoms with Crippen LogP contribution in [0, 0.1) is 0 Å². The van der Waals surface area contributed by atoms with E-state index < -0.39 is 0 Å². The molecular weight excluding hydrogens is 312 g/mol. The zero-order valence-electron chi connectivity index (χ0n) is 14.6. The Morgan fingerprint density at radius 2 is 2.00 bits per heavy atom. The predicted octanol–water partition coefficient (Wildman–Crippen LogP) is 1.12. The lowest BCUT2D eigenvalue weighted by molar-refractivity contribution is -0.143. The van der Waals surface area contributed by atoms with Crippen molar-refractivity contribution < 1.29 is 9.53 Å². The monoisotopic (exact) mass is 336 g/mol. The molecule has 0 radical (unpaired) electrons. The van der Waals surface area contributed by atoms with Gasteiger partial charge in [-0.3, -0.25) is 18.7 Å². The van der Waals surface area contributed by atoms with Crippen molar-refractivity contribution in [1.82, 2.24) is 18.7 Å². The van der Waals surface area contributed by atoms with Crippen LogP contribution in [0.15, 0.2) is 15.9 Å². The van der Waals surface area contributed by atoms with E-state index in [2.05, 4.69) is 4.98 Å². The Hall–Kier alpha value is -2.38. The molecule has 8 heteroatoms. The van der Waals surface area contributed by atoms with Crippen molar-refractivity contribution in [3.8, 4) is 0 Å². The fourth-order valence-electron chi connectivity index (χ4n) is 2.92. The Kier molecular flexibility index (Phi) is 5.58. The van der Waals surface area contributed by atoms with Crippen LogP contribution in [0.4, 0.5) is 0 Å². The van der Waals surface area contributed by atoms with Crippen LogP contribution >= 0.6 is 0 Å². The average molecular weight is 336 g/mol. The minimum atomic E-state index is -0.380. The third-order valence-corrected chi connectivity index (χ3v) is 4.21. The van der Waals surface area contributed by atoms with Crippen LogP contribution in [0.3, 0.4) is 0 Å². The molecule has 8 nitrogen and oxygen atoms in total. The van der Waals surface area contributed by atoms with Gasteiger partial charge in [-0.15, -0.1) is 0 Å². The molecule has 0 aliphatic heterocycles. The van der Waals surface area contributed by atoms with Crippen LogP contribution in [-0.2, 0) is 23.6 Å². The Labute approximate surface area is 139 Å². The summed E-state index contributed by atoms with van der Waals surface area (Å²) in [5.74, 6) is -0.255. The summed E-state index contributed by atoms with van der Waals surface area (Å²) in [6.07, 6.45) is 3.57. The number of aryl methyl sites for hydroxylation is 2. The van der Waals surface area contributed by atoms with Gasteiger partial charge in [0.15, 0.2) is 11.2 Å². The standard InChI is InChI=1S/C16H24N4O4/c1-5-11(8-7-9-12(21)24-6-2)20-15(22)13-14(17-10-18(13)3)19(4)16(20)23/h10-11H,5-9H2,1-4H3. The number of carbonyl (C=O) groups is 1. The highest BCUT2D eigenvalue weighted by atomic mass is 16.5. The molecule has 0 amide bonds. The first kappa shape index (κ1) is 18.0. The molecule has 0 saturated heterocycles. The van der Waals surface area contributed by atoms with E-state index in [-0.39, 0.29) is 29.7 Å². The lowest BCUT2D eigenvalue weighted by atomic mass is 10.1. The van der Waals surface area contributed by atoms with Gasteiger partial charge < -0.3 is 9.30 Å². The van der Waals surface area contributed by atoms with Crippen LogP contribution in [0.1, 0.15) is 45.6 Å². The van der Waals surface area contributed by atoms with Crippen LogP contribution in [0.25, 0.3) is 11.2 Å². The highest BCUT2D eigenvalue weighted by Crippen LogP contribution is 2.17. The fraction of sp³-hybridized carbons (Fsp3) is 0.625. The van der Waals surface area contributed by atoms with Crippen LogP contribution in [0.2, 0.25) is 0 Å². The Balaban J connectivity index is 2.35. The first-order chi connectivity index (χ1) is 11.4. The zero-order chi connectivity index (χ0) is 17.9. The quantitative estimate of drug-likeness (QED) is 0.707. The van der Waals surface area contributed by atoms with Gasteiger partial charge in [0.2, 0.25) is 0 Å². The fourth-order valence-corrected chi connectivity index (χ4v) is 2.92. The molecule has 1 unspecified atom stereocenters. The van der Waals surface area contributed by atoms with Crippen LogP contribution in [0.5, 0.6) is 0 Å². The second-order valence-corrected chi connectivity index (χ2v) is 5.80. The molecule has 0 aromatic carbocycles. The summed E-state index contributed by atoms with van der Waals surface area (Å²) in [5.41, 5.74) is 0.0661. The maximum atomic E-state index is 12.8. The number of fused-ring (bicyclic) bond motifs is 1. The molecule has 24 heavy (non-hydrogen) atoms. The van der Waals surface area contributed by atoms with Gasteiger partial charge in [0.05, 0.1) is 12.9 Å². The number of hydrogen-bond donors (Lipinski definition) is 0. The zero-order valence-corrected chi connectivity index (χ0v) is 14.6. The first-order valence-electron chi connectivity index (χ1n) is 8.20. The van der Waals surface area contributed by atoms with Crippen LogP contribution in [-0.4, -0.2) is 31.3 Å². The van der Waals surface area contributed by atoms with Gasteiger partial charge >= 0.3 is 11.7 Å². The van der Waals surface area contributed by atoms with E-state index in [1.54, 1.807) is 25.6 Å². The van der Waals surface area contributed by atoms with Gasteiger partial charge in [-0.25, -0.2) is 9.78 Å². The molecule has 2 rings (SSSR count). The summed E-state index contributed by atoms with van der Waals surface area (Å²) in [6, 6.07) is -0.259. The number of aromatic nitrogens is 4. The summed E-state index contributed by atoms with van der Waals surface area (Å²) < 4.78 is 9.21. The summed E-state index contributed by atoms with van der Waals surface area (Å²) in [4.78, 5) is 41.0. The molecular formula is C16H24N4O4.